The molecule has 0 aliphatic carbocycles. The van der Waals surface area contributed by atoms with Gasteiger partial charge in [0, 0.05) is 24.2 Å². The predicted molar refractivity (Wildman–Crippen MR) is 95.5 cm³/mol. The van der Waals surface area contributed by atoms with Crippen molar-refractivity contribution < 1.29 is 9.59 Å². The molecule has 24 heavy (non-hydrogen) atoms. The lowest BCUT2D eigenvalue weighted by molar-refractivity contribution is -0.00596. The van der Waals surface area contributed by atoms with E-state index in [1.165, 1.54) is 5.01 Å². The van der Waals surface area contributed by atoms with Crippen molar-refractivity contribution in [2.45, 2.75) is 20.8 Å². The van der Waals surface area contributed by atoms with Gasteiger partial charge in [-0.25, -0.2) is 10.0 Å². The van der Waals surface area contributed by atoms with Gasteiger partial charge >= 0.3 is 0 Å². The number of benzene rings is 2. The van der Waals surface area contributed by atoms with Crippen molar-refractivity contribution in [3.05, 3.63) is 71.8 Å². The summed E-state index contributed by atoms with van der Waals surface area (Å²) in [5.41, 5.74) is 1.16. The highest BCUT2D eigenvalue weighted by molar-refractivity contribution is 5.99. The molecule has 2 aromatic rings. The van der Waals surface area contributed by atoms with Crippen LogP contribution in [0.15, 0.2) is 60.7 Å². The minimum Gasteiger partial charge on any atom is -0.267 e. The highest BCUT2D eigenvalue weighted by atomic mass is 16.2. The summed E-state index contributed by atoms with van der Waals surface area (Å²) >= 11 is 0. The maximum absolute atomic E-state index is 12.9. The second-order valence-corrected chi connectivity index (χ2v) is 6.03. The third kappa shape index (κ3) is 4.22. The fourth-order valence-corrected chi connectivity index (χ4v) is 2.52. The lowest BCUT2D eigenvalue weighted by Gasteiger charge is -2.35. The maximum Gasteiger partial charge on any atom is 0.272 e. The van der Waals surface area contributed by atoms with Gasteiger partial charge in [0.1, 0.15) is 0 Å². The van der Waals surface area contributed by atoms with Crippen LogP contribution >= 0.6 is 0 Å². The monoisotopic (exact) mass is 324 g/mol. The fourth-order valence-electron chi connectivity index (χ4n) is 2.52. The Bertz CT molecular complexity index is 669. The quantitative estimate of drug-likeness (QED) is 0.784. The number of hydrogen-bond donors (Lipinski definition) is 0. The van der Waals surface area contributed by atoms with Gasteiger partial charge in [0.15, 0.2) is 0 Å². The molecule has 0 saturated carbocycles. The van der Waals surface area contributed by atoms with Gasteiger partial charge in [0.25, 0.3) is 11.8 Å². The van der Waals surface area contributed by atoms with Gasteiger partial charge in [-0.3, -0.25) is 9.59 Å². The molecule has 0 N–H and O–H groups in total. The van der Waals surface area contributed by atoms with Crippen LogP contribution in [0, 0.1) is 5.92 Å². The Labute approximate surface area is 143 Å². The first-order valence-electron chi connectivity index (χ1n) is 8.28. The van der Waals surface area contributed by atoms with Crippen molar-refractivity contribution in [1.82, 2.24) is 10.0 Å². The molecule has 0 atom stereocenters. The lowest BCUT2D eigenvalue weighted by Crippen LogP contribution is -2.51. The zero-order valence-electron chi connectivity index (χ0n) is 14.5. The molecular weight excluding hydrogens is 300 g/mol. The number of hydrogen-bond acceptors (Lipinski definition) is 2. The summed E-state index contributed by atoms with van der Waals surface area (Å²) < 4.78 is 0. The van der Waals surface area contributed by atoms with Crippen LogP contribution in [0.1, 0.15) is 41.5 Å². The molecular formula is C20H24N2O2. The SMILES string of the molecule is CCN(C(=O)c1ccccc1)N(CC(C)C)C(=O)c1ccccc1. The Balaban J connectivity index is 2.34. The van der Waals surface area contributed by atoms with Gasteiger partial charge in [-0.15, -0.1) is 0 Å². The maximum atomic E-state index is 12.9. The number of hydrazine groups is 1. The van der Waals surface area contributed by atoms with Gasteiger partial charge < -0.3 is 0 Å². The van der Waals surface area contributed by atoms with Crippen molar-refractivity contribution in [3.8, 4) is 0 Å². The molecule has 0 radical (unpaired) electrons. The number of carbonyl (C=O) groups is 2. The van der Waals surface area contributed by atoms with E-state index >= 15 is 0 Å². The Morgan fingerprint density at radius 2 is 1.21 bits per heavy atom. The topological polar surface area (TPSA) is 40.6 Å². The first-order valence-corrected chi connectivity index (χ1v) is 8.28. The average Bonchev–Trinajstić information content (AvgIpc) is 2.62. The minimum absolute atomic E-state index is 0.157. The van der Waals surface area contributed by atoms with Gasteiger partial charge in [0.05, 0.1) is 0 Å². The molecule has 2 rings (SSSR count). The Kier molecular flexibility index (Phi) is 6.13. The molecule has 0 aromatic heterocycles. The third-order valence-corrected chi connectivity index (χ3v) is 3.64. The molecule has 126 valence electrons. The number of nitrogens with zero attached hydrogens (tertiary/aromatic N) is 2. The normalized spacial score (nSPS) is 10.5. The summed E-state index contributed by atoms with van der Waals surface area (Å²) in [6.45, 7) is 6.86. The van der Waals surface area contributed by atoms with Crippen LogP contribution in [0.3, 0.4) is 0 Å². The fraction of sp³-hybridized carbons (Fsp3) is 0.300. The standard InChI is InChI=1S/C20H24N2O2/c1-4-21(19(23)17-11-7-5-8-12-17)22(15-16(2)3)20(24)18-13-9-6-10-14-18/h5-14,16H,4,15H2,1-3H3. The van der Waals surface area contributed by atoms with E-state index in [1.54, 1.807) is 29.3 Å². The highest BCUT2D eigenvalue weighted by Crippen LogP contribution is 2.14. The van der Waals surface area contributed by atoms with E-state index in [1.807, 2.05) is 57.2 Å². The molecule has 0 bridgehead atoms. The van der Waals surface area contributed by atoms with Crippen LogP contribution in [-0.2, 0) is 0 Å². The first-order chi connectivity index (χ1) is 11.5. The van der Waals surface area contributed by atoms with Crippen molar-refractivity contribution in [2.24, 2.45) is 5.92 Å². The molecule has 2 aromatic carbocycles. The second kappa shape index (κ2) is 8.29. The summed E-state index contributed by atoms with van der Waals surface area (Å²) in [5.74, 6) is -0.0752. The van der Waals surface area contributed by atoms with Crippen LogP contribution < -0.4 is 0 Å². The number of amides is 2. The largest absolute Gasteiger partial charge is 0.272 e. The van der Waals surface area contributed by atoms with Gasteiger partial charge in [-0.05, 0) is 37.1 Å². The third-order valence-electron chi connectivity index (χ3n) is 3.64. The summed E-state index contributed by atoms with van der Waals surface area (Å²) in [4.78, 5) is 25.8. The number of rotatable bonds is 5. The Morgan fingerprint density at radius 3 is 1.58 bits per heavy atom. The van der Waals surface area contributed by atoms with E-state index in [-0.39, 0.29) is 17.7 Å². The van der Waals surface area contributed by atoms with Crippen molar-refractivity contribution >= 4 is 11.8 Å². The van der Waals surface area contributed by atoms with E-state index in [4.69, 9.17) is 0 Å². The van der Waals surface area contributed by atoms with E-state index in [2.05, 4.69) is 0 Å². The Hall–Kier alpha value is -2.62. The minimum atomic E-state index is -0.164. The Morgan fingerprint density at radius 1 is 0.792 bits per heavy atom. The smallest absolute Gasteiger partial charge is 0.267 e. The van der Waals surface area contributed by atoms with Crippen molar-refractivity contribution in [3.63, 3.8) is 0 Å². The lowest BCUT2D eigenvalue weighted by atomic mass is 10.1. The van der Waals surface area contributed by atoms with Crippen LogP contribution in [0.5, 0.6) is 0 Å². The van der Waals surface area contributed by atoms with Gasteiger partial charge in [-0.2, -0.15) is 0 Å². The molecule has 2 amide bonds. The summed E-state index contributed by atoms with van der Waals surface area (Å²) in [7, 11) is 0. The van der Waals surface area contributed by atoms with Crippen LogP contribution in [-0.4, -0.2) is 34.9 Å². The van der Waals surface area contributed by atoms with Gasteiger partial charge in [0.2, 0.25) is 0 Å². The van der Waals surface area contributed by atoms with Gasteiger partial charge in [-0.1, -0.05) is 50.2 Å². The molecule has 0 fully saturated rings. The summed E-state index contributed by atoms with van der Waals surface area (Å²) in [6, 6.07) is 18.1. The van der Waals surface area contributed by atoms with Crippen LogP contribution in [0.4, 0.5) is 0 Å². The molecule has 4 heteroatoms. The molecule has 0 aliphatic heterocycles. The summed E-state index contributed by atoms with van der Waals surface area (Å²) in [6.07, 6.45) is 0. The van der Waals surface area contributed by atoms with Crippen molar-refractivity contribution in [2.75, 3.05) is 13.1 Å². The molecule has 0 aliphatic rings. The van der Waals surface area contributed by atoms with E-state index < -0.39 is 0 Å². The van der Waals surface area contributed by atoms with Crippen LogP contribution in [0.25, 0.3) is 0 Å². The van der Waals surface area contributed by atoms with Crippen molar-refractivity contribution in [1.29, 1.82) is 0 Å². The molecule has 0 unspecified atom stereocenters. The zero-order valence-corrected chi connectivity index (χ0v) is 14.5. The molecule has 0 saturated heterocycles. The van der Waals surface area contributed by atoms with E-state index in [9.17, 15) is 9.59 Å². The predicted octanol–water partition coefficient (Wildman–Crippen LogP) is 3.86. The highest BCUT2D eigenvalue weighted by Gasteiger charge is 2.27. The number of carbonyl (C=O) groups excluding carboxylic acids is 2. The van der Waals surface area contributed by atoms with E-state index in [0.29, 0.717) is 24.2 Å². The molecule has 0 heterocycles. The van der Waals surface area contributed by atoms with E-state index in [0.717, 1.165) is 0 Å². The first kappa shape index (κ1) is 17.7. The van der Waals surface area contributed by atoms with Crippen LogP contribution in [0.2, 0.25) is 0 Å². The molecule has 4 nitrogen and oxygen atoms in total. The molecule has 0 spiro atoms. The average molecular weight is 324 g/mol. The second-order valence-electron chi connectivity index (χ2n) is 6.03. The summed E-state index contributed by atoms with van der Waals surface area (Å²) in [5, 5.41) is 3.10. The zero-order chi connectivity index (χ0) is 17.5.